The number of aromatic nitrogens is 2. The fourth-order valence-corrected chi connectivity index (χ4v) is 1.73. The van der Waals surface area contributed by atoms with Crippen LogP contribution in [-0.4, -0.2) is 42.6 Å². The summed E-state index contributed by atoms with van der Waals surface area (Å²) in [5, 5.41) is 14.7. The number of nitro groups is 1. The summed E-state index contributed by atoms with van der Waals surface area (Å²) in [5.41, 5.74) is 0.193. The van der Waals surface area contributed by atoms with Gasteiger partial charge in [0, 0.05) is 13.5 Å². The molecule has 1 aromatic rings. The molecule has 0 saturated carbocycles. The number of hydrogen-bond donors (Lipinski definition) is 0. The highest BCUT2D eigenvalue weighted by Crippen LogP contribution is 2.28. The van der Waals surface area contributed by atoms with Crippen molar-refractivity contribution in [1.82, 2.24) is 9.78 Å². The Kier molecular flexibility index (Phi) is 4.84. The van der Waals surface area contributed by atoms with Crippen molar-refractivity contribution in [2.24, 2.45) is 7.05 Å². The second kappa shape index (κ2) is 5.97. The molecule has 0 bridgehead atoms. The Morgan fingerprint density at radius 2 is 2.05 bits per heavy atom. The zero-order chi connectivity index (χ0) is 14.6. The minimum atomic E-state index is -3.48. The summed E-state index contributed by atoms with van der Waals surface area (Å²) in [6, 6.07) is 0. The normalized spacial score (nSPS) is 11.5. The predicted molar refractivity (Wildman–Crippen MR) is 65.5 cm³/mol. The molecule has 0 amide bonds. The summed E-state index contributed by atoms with van der Waals surface area (Å²) in [6.45, 7) is 1.59. The zero-order valence-corrected chi connectivity index (χ0v) is 11.6. The third-order valence-electron chi connectivity index (χ3n) is 2.28. The maximum atomic E-state index is 10.8. The second-order valence-corrected chi connectivity index (χ2v) is 5.49. The molecule has 0 aliphatic carbocycles. The highest BCUT2D eigenvalue weighted by atomic mass is 32.2. The average Bonchev–Trinajstić information content (AvgIpc) is 2.52. The topological polar surface area (TPSA) is 114 Å². The van der Waals surface area contributed by atoms with E-state index in [1.807, 2.05) is 0 Å². The Morgan fingerprint density at radius 3 is 2.58 bits per heavy atom. The van der Waals surface area contributed by atoms with Gasteiger partial charge in [-0.25, -0.2) is 0 Å². The SMILES string of the molecule is Cc1c([N+](=O)[O-])c(OCCCOS(C)(=O)=O)nn1C. The Balaban J connectivity index is 2.55. The van der Waals surface area contributed by atoms with Gasteiger partial charge in [-0.1, -0.05) is 0 Å². The van der Waals surface area contributed by atoms with Gasteiger partial charge in [-0.15, -0.1) is 5.10 Å². The van der Waals surface area contributed by atoms with Crippen LogP contribution in [0, 0.1) is 17.0 Å². The van der Waals surface area contributed by atoms with Crippen LogP contribution in [0.2, 0.25) is 0 Å². The summed E-state index contributed by atoms with van der Waals surface area (Å²) in [7, 11) is -1.91. The highest BCUT2D eigenvalue weighted by molar-refractivity contribution is 7.85. The van der Waals surface area contributed by atoms with Crippen molar-refractivity contribution >= 4 is 15.8 Å². The van der Waals surface area contributed by atoms with Gasteiger partial charge in [0.1, 0.15) is 5.69 Å². The van der Waals surface area contributed by atoms with Gasteiger partial charge in [0.05, 0.1) is 24.4 Å². The summed E-state index contributed by atoms with van der Waals surface area (Å²) >= 11 is 0. The first-order chi connectivity index (χ1) is 8.72. The maximum absolute atomic E-state index is 10.8. The molecule has 0 fully saturated rings. The number of rotatable bonds is 7. The lowest BCUT2D eigenvalue weighted by atomic mass is 10.4. The van der Waals surface area contributed by atoms with Crippen LogP contribution in [0.1, 0.15) is 12.1 Å². The van der Waals surface area contributed by atoms with Gasteiger partial charge < -0.3 is 4.74 Å². The van der Waals surface area contributed by atoms with Crippen molar-refractivity contribution in [1.29, 1.82) is 0 Å². The van der Waals surface area contributed by atoms with Crippen LogP contribution in [0.4, 0.5) is 5.69 Å². The molecule has 1 heterocycles. The van der Waals surface area contributed by atoms with Gasteiger partial charge in [0.15, 0.2) is 0 Å². The van der Waals surface area contributed by atoms with Gasteiger partial charge in [0.25, 0.3) is 10.1 Å². The zero-order valence-electron chi connectivity index (χ0n) is 10.8. The van der Waals surface area contributed by atoms with Crippen LogP contribution in [0.25, 0.3) is 0 Å². The van der Waals surface area contributed by atoms with Crippen molar-refractivity contribution in [2.75, 3.05) is 19.5 Å². The molecule has 0 aliphatic rings. The summed E-state index contributed by atoms with van der Waals surface area (Å²) in [5.74, 6) is -0.0793. The third-order valence-corrected chi connectivity index (χ3v) is 2.87. The van der Waals surface area contributed by atoms with E-state index in [9.17, 15) is 18.5 Å². The van der Waals surface area contributed by atoms with Gasteiger partial charge in [-0.2, -0.15) is 8.42 Å². The Bertz CT molecular complexity index is 565. The molecule has 0 saturated heterocycles. The highest BCUT2D eigenvalue weighted by Gasteiger charge is 2.25. The molecule has 0 aromatic carbocycles. The second-order valence-electron chi connectivity index (χ2n) is 3.85. The molecule has 0 N–H and O–H groups in total. The van der Waals surface area contributed by atoms with Crippen molar-refractivity contribution in [2.45, 2.75) is 13.3 Å². The largest absolute Gasteiger partial charge is 0.472 e. The van der Waals surface area contributed by atoms with Gasteiger partial charge in [0.2, 0.25) is 0 Å². The molecule has 108 valence electrons. The van der Waals surface area contributed by atoms with Crippen molar-refractivity contribution < 1.29 is 22.3 Å². The van der Waals surface area contributed by atoms with Gasteiger partial charge in [-0.05, 0) is 6.92 Å². The quantitative estimate of drug-likeness (QED) is 0.309. The number of ether oxygens (including phenoxy) is 1. The molecule has 0 spiro atoms. The van der Waals surface area contributed by atoms with Crippen molar-refractivity contribution in [3.63, 3.8) is 0 Å². The average molecular weight is 293 g/mol. The molecular weight excluding hydrogens is 278 g/mol. The van der Waals surface area contributed by atoms with E-state index in [-0.39, 0.29) is 31.2 Å². The Morgan fingerprint density at radius 1 is 1.42 bits per heavy atom. The lowest BCUT2D eigenvalue weighted by molar-refractivity contribution is -0.386. The van der Waals surface area contributed by atoms with E-state index >= 15 is 0 Å². The Labute approximate surface area is 110 Å². The Hall–Kier alpha value is -1.68. The van der Waals surface area contributed by atoms with E-state index in [1.54, 1.807) is 14.0 Å². The number of aryl methyl sites for hydroxylation is 1. The first kappa shape index (κ1) is 15.4. The van der Waals surface area contributed by atoms with E-state index in [4.69, 9.17) is 4.74 Å². The molecule has 19 heavy (non-hydrogen) atoms. The summed E-state index contributed by atoms with van der Waals surface area (Å²) in [4.78, 5) is 10.3. The van der Waals surface area contributed by atoms with Crippen molar-refractivity contribution in [3.05, 3.63) is 15.8 Å². The van der Waals surface area contributed by atoms with Crippen LogP contribution in [0.15, 0.2) is 0 Å². The molecule has 9 nitrogen and oxygen atoms in total. The van der Waals surface area contributed by atoms with Gasteiger partial charge in [-0.3, -0.25) is 19.0 Å². The standard InChI is InChI=1S/C9H15N3O6S/c1-7-8(12(13)14)9(10-11(7)2)17-5-4-6-18-19(3,15)16/h4-6H2,1-3H3. The van der Waals surface area contributed by atoms with E-state index in [1.165, 1.54) is 4.68 Å². The van der Waals surface area contributed by atoms with E-state index in [0.29, 0.717) is 5.69 Å². The first-order valence-corrected chi connectivity index (χ1v) is 7.19. The lowest BCUT2D eigenvalue weighted by Crippen LogP contribution is -2.08. The predicted octanol–water partition coefficient (Wildman–Crippen LogP) is 0.382. The molecule has 10 heteroatoms. The molecule has 1 aromatic heterocycles. The van der Waals surface area contributed by atoms with Crippen LogP contribution < -0.4 is 4.74 Å². The maximum Gasteiger partial charge on any atom is 0.352 e. The van der Waals surface area contributed by atoms with E-state index < -0.39 is 15.0 Å². The van der Waals surface area contributed by atoms with E-state index in [0.717, 1.165) is 6.26 Å². The molecular formula is C9H15N3O6S. The molecule has 0 radical (unpaired) electrons. The fourth-order valence-electron chi connectivity index (χ4n) is 1.31. The summed E-state index contributed by atoms with van der Waals surface area (Å²) < 4.78 is 32.4. The molecule has 0 aliphatic heterocycles. The fraction of sp³-hybridized carbons (Fsp3) is 0.667. The van der Waals surface area contributed by atoms with Crippen LogP contribution in [0.3, 0.4) is 0 Å². The van der Waals surface area contributed by atoms with Crippen LogP contribution >= 0.6 is 0 Å². The smallest absolute Gasteiger partial charge is 0.352 e. The lowest BCUT2D eigenvalue weighted by Gasteiger charge is -2.02. The minimum absolute atomic E-state index is 0.0432. The third kappa shape index (κ3) is 4.48. The van der Waals surface area contributed by atoms with Crippen LogP contribution in [0.5, 0.6) is 5.88 Å². The first-order valence-electron chi connectivity index (χ1n) is 5.37. The van der Waals surface area contributed by atoms with E-state index in [2.05, 4.69) is 9.28 Å². The summed E-state index contributed by atoms with van der Waals surface area (Å²) in [6.07, 6.45) is 1.22. The number of nitrogens with zero attached hydrogens (tertiary/aromatic N) is 3. The molecule has 1 rings (SSSR count). The minimum Gasteiger partial charge on any atom is -0.472 e. The van der Waals surface area contributed by atoms with Gasteiger partial charge >= 0.3 is 11.6 Å². The number of hydrogen-bond acceptors (Lipinski definition) is 7. The van der Waals surface area contributed by atoms with Crippen LogP contribution in [-0.2, 0) is 21.3 Å². The van der Waals surface area contributed by atoms with Crippen molar-refractivity contribution in [3.8, 4) is 5.88 Å². The molecule has 0 unspecified atom stereocenters. The molecule has 0 atom stereocenters. The monoisotopic (exact) mass is 293 g/mol.